The summed E-state index contributed by atoms with van der Waals surface area (Å²) >= 11 is 0. The number of carboxylic acid groups (broad SMARTS) is 1. The molecular weight excluding hydrogens is 492 g/mol. The zero-order chi connectivity index (χ0) is 28.2. The van der Waals surface area contributed by atoms with Crippen LogP contribution >= 0.6 is 0 Å². The lowest BCUT2D eigenvalue weighted by molar-refractivity contribution is -0.136. The Hall–Kier alpha value is -4.57. The average Bonchev–Trinajstić information content (AvgIpc) is 2.95. The quantitative estimate of drug-likeness (QED) is 0.232. The van der Waals surface area contributed by atoms with Gasteiger partial charge in [0.15, 0.2) is 0 Å². The van der Waals surface area contributed by atoms with Gasteiger partial charge in [0.2, 0.25) is 0 Å². The second kappa shape index (κ2) is 14.5. The number of nitrogens with zero attached hydrogens (tertiary/aromatic N) is 1. The first-order valence-corrected chi connectivity index (χ1v) is 13.8. The van der Waals surface area contributed by atoms with E-state index < -0.39 is 5.97 Å². The van der Waals surface area contributed by atoms with Crippen LogP contribution in [0.4, 0.5) is 5.69 Å². The molecule has 4 heteroatoms. The Balaban J connectivity index is 1.42. The molecule has 2 N–H and O–H groups in total. The summed E-state index contributed by atoms with van der Waals surface area (Å²) in [5, 5.41) is 12.3. The van der Waals surface area contributed by atoms with E-state index in [-0.39, 0.29) is 6.42 Å². The first-order valence-electron chi connectivity index (χ1n) is 13.8. The lowest BCUT2D eigenvalue weighted by Crippen LogP contribution is -2.19. The highest BCUT2D eigenvalue weighted by atomic mass is 16.4. The molecule has 1 aliphatic rings. The summed E-state index contributed by atoms with van der Waals surface area (Å²) < 4.78 is 0. The highest BCUT2D eigenvalue weighted by Crippen LogP contribution is 2.25. The molecule has 204 valence electrons. The molecule has 0 spiro atoms. The second-order valence-corrected chi connectivity index (χ2v) is 10.1. The summed E-state index contributed by atoms with van der Waals surface area (Å²) in [6, 6.07) is 27.0. The fraction of sp³-hybridized carbons (Fsp3) is 0.194. The molecule has 0 radical (unpaired) electrons. The third-order valence-electron chi connectivity index (χ3n) is 6.89. The van der Waals surface area contributed by atoms with Crippen molar-refractivity contribution in [2.24, 2.45) is 0 Å². The number of hydrogen-bond acceptors (Lipinski definition) is 3. The van der Waals surface area contributed by atoms with Crippen LogP contribution in [0.3, 0.4) is 0 Å². The molecular formula is C36H38N2O2. The van der Waals surface area contributed by atoms with E-state index in [1.807, 2.05) is 42.5 Å². The van der Waals surface area contributed by atoms with Gasteiger partial charge in [0, 0.05) is 37.9 Å². The van der Waals surface area contributed by atoms with E-state index in [9.17, 15) is 4.79 Å². The van der Waals surface area contributed by atoms with Crippen molar-refractivity contribution in [2.45, 2.75) is 38.8 Å². The number of rotatable bonds is 12. The lowest BCUT2D eigenvalue weighted by Gasteiger charge is -2.25. The summed E-state index contributed by atoms with van der Waals surface area (Å²) in [5.74, 6) is -0.771. The molecule has 0 fully saturated rings. The van der Waals surface area contributed by atoms with Crippen molar-refractivity contribution < 1.29 is 9.90 Å². The molecule has 4 nitrogen and oxygen atoms in total. The molecule has 0 aromatic heterocycles. The first kappa shape index (κ1) is 28.4. The number of likely N-dealkylation sites (N-methyl/N-ethyl adjacent to an activating group) is 1. The number of nitrogens with one attached hydrogen (secondary N) is 1. The standard InChI is InChI=1S/C36H38N2O2/c1-28(32-11-9-6-10-12-32)25-35(33-13-7-4-3-5-8-14-33)38(2)27-31-17-15-30(16-18-31)26-37-34-22-19-29(20-23-34)21-24-36(39)40/h4,6-20,22-23,25,37H,1,3,5,21,24,26-27H2,2H3,(H,39,40)/b7-4-,14-8-,33-13+,35-25-. The van der Waals surface area contributed by atoms with Crippen molar-refractivity contribution in [3.05, 3.63) is 155 Å². The minimum absolute atomic E-state index is 0.152. The van der Waals surface area contributed by atoms with E-state index >= 15 is 0 Å². The minimum atomic E-state index is -0.771. The van der Waals surface area contributed by atoms with Crippen LogP contribution in [0.15, 0.2) is 133 Å². The van der Waals surface area contributed by atoms with E-state index in [1.54, 1.807) is 0 Å². The van der Waals surface area contributed by atoms with Gasteiger partial charge in [-0.3, -0.25) is 4.79 Å². The maximum absolute atomic E-state index is 10.8. The lowest BCUT2D eigenvalue weighted by atomic mass is 10.0. The molecule has 3 aromatic carbocycles. The SMILES string of the molecule is C=C(/C=C(C1=C/C=C\CC/C=C\1)\N(C)Cc1ccc(CNc2ccc(CCC(=O)O)cc2)cc1)c1ccccc1. The Bertz CT molecular complexity index is 1400. The molecule has 0 heterocycles. The van der Waals surface area contributed by atoms with Crippen LogP contribution in [-0.4, -0.2) is 23.0 Å². The number of carbonyl (C=O) groups is 1. The van der Waals surface area contributed by atoms with Crippen LogP contribution in [0, 0.1) is 0 Å². The zero-order valence-corrected chi connectivity index (χ0v) is 23.2. The summed E-state index contributed by atoms with van der Waals surface area (Å²) in [4.78, 5) is 13.1. The van der Waals surface area contributed by atoms with E-state index in [0.717, 1.165) is 54.0 Å². The Morgan fingerprint density at radius 3 is 2.33 bits per heavy atom. The smallest absolute Gasteiger partial charge is 0.303 e. The van der Waals surface area contributed by atoms with Gasteiger partial charge in [-0.15, -0.1) is 0 Å². The van der Waals surface area contributed by atoms with E-state index in [1.165, 1.54) is 16.7 Å². The highest BCUT2D eigenvalue weighted by Gasteiger charge is 2.11. The Labute approximate surface area is 238 Å². The van der Waals surface area contributed by atoms with Gasteiger partial charge in [-0.25, -0.2) is 0 Å². The fourth-order valence-corrected chi connectivity index (χ4v) is 4.58. The number of carboxylic acids is 1. The van der Waals surface area contributed by atoms with Crippen molar-refractivity contribution in [2.75, 3.05) is 12.4 Å². The monoisotopic (exact) mass is 530 g/mol. The Morgan fingerprint density at radius 1 is 0.925 bits per heavy atom. The van der Waals surface area contributed by atoms with Gasteiger partial charge in [0.1, 0.15) is 0 Å². The van der Waals surface area contributed by atoms with Gasteiger partial charge in [-0.1, -0.05) is 104 Å². The number of hydrogen-bond donors (Lipinski definition) is 2. The van der Waals surface area contributed by atoms with Gasteiger partial charge < -0.3 is 15.3 Å². The fourth-order valence-electron chi connectivity index (χ4n) is 4.58. The number of aliphatic carboxylic acids is 1. The van der Waals surface area contributed by atoms with Crippen molar-refractivity contribution in [3.63, 3.8) is 0 Å². The number of benzene rings is 3. The summed E-state index contributed by atoms with van der Waals surface area (Å²) in [5.41, 5.74) is 8.89. The molecule has 0 bridgehead atoms. The number of allylic oxidation sites excluding steroid dienone is 7. The molecule has 40 heavy (non-hydrogen) atoms. The summed E-state index contributed by atoms with van der Waals surface area (Å²) in [7, 11) is 2.14. The number of aryl methyl sites for hydroxylation is 1. The number of anilines is 1. The zero-order valence-electron chi connectivity index (χ0n) is 23.2. The van der Waals surface area contributed by atoms with Crippen LogP contribution < -0.4 is 5.32 Å². The second-order valence-electron chi connectivity index (χ2n) is 10.1. The highest BCUT2D eigenvalue weighted by molar-refractivity contribution is 5.74. The van der Waals surface area contributed by atoms with Gasteiger partial charge in [0.05, 0.1) is 0 Å². The predicted molar refractivity (Wildman–Crippen MR) is 167 cm³/mol. The van der Waals surface area contributed by atoms with Gasteiger partial charge in [-0.2, -0.15) is 0 Å². The molecule has 0 saturated heterocycles. The molecule has 3 aromatic rings. The molecule has 0 aliphatic heterocycles. The van der Waals surface area contributed by atoms with Crippen LogP contribution in [0.1, 0.15) is 41.5 Å². The Morgan fingerprint density at radius 2 is 1.60 bits per heavy atom. The summed E-state index contributed by atoms with van der Waals surface area (Å²) in [6.45, 7) is 5.86. The minimum Gasteiger partial charge on any atom is -0.481 e. The largest absolute Gasteiger partial charge is 0.481 e. The normalized spacial score (nSPS) is 16.1. The average molecular weight is 531 g/mol. The van der Waals surface area contributed by atoms with Crippen molar-refractivity contribution in [3.8, 4) is 0 Å². The van der Waals surface area contributed by atoms with E-state index in [0.29, 0.717) is 6.42 Å². The Kier molecular flexibility index (Phi) is 10.3. The van der Waals surface area contributed by atoms with Gasteiger partial charge in [-0.05, 0) is 70.9 Å². The first-order chi connectivity index (χ1) is 19.5. The molecule has 0 atom stereocenters. The topological polar surface area (TPSA) is 52.6 Å². The van der Waals surface area contributed by atoms with Gasteiger partial charge >= 0.3 is 5.97 Å². The summed E-state index contributed by atoms with van der Waals surface area (Å²) in [6.07, 6.45) is 16.0. The predicted octanol–water partition coefficient (Wildman–Crippen LogP) is 8.18. The van der Waals surface area contributed by atoms with E-state index in [4.69, 9.17) is 5.11 Å². The third kappa shape index (κ3) is 8.74. The van der Waals surface area contributed by atoms with Crippen molar-refractivity contribution in [1.29, 1.82) is 0 Å². The van der Waals surface area contributed by atoms with Crippen LogP contribution in [-0.2, 0) is 24.3 Å². The van der Waals surface area contributed by atoms with Crippen molar-refractivity contribution >= 4 is 17.2 Å². The van der Waals surface area contributed by atoms with E-state index in [2.05, 4.69) is 96.7 Å². The van der Waals surface area contributed by atoms with Crippen LogP contribution in [0.2, 0.25) is 0 Å². The third-order valence-corrected chi connectivity index (χ3v) is 6.89. The van der Waals surface area contributed by atoms with Crippen LogP contribution in [0.25, 0.3) is 5.57 Å². The van der Waals surface area contributed by atoms with Crippen molar-refractivity contribution in [1.82, 2.24) is 4.90 Å². The molecule has 1 aliphatic carbocycles. The molecule has 0 saturated carbocycles. The molecule has 4 rings (SSSR count). The van der Waals surface area contributed by atoms with Gasteiger partial charge in [0.25, 0.3) is 0 Å². The molecule has 0 unspecified atom stereocenters. The van der Waals surface area contributed by atoms with Crippen LogP contribution in [0.5, 0.6) is 0 Å². The maximum Gasteiger partial charge on any atom is 0.303 e. The molecule has 0 amide bonds. The maximum atomic E-state index is 10.8.